The maximum atomic E-state index is 13.1. The van der Waals surface area contributed by atoms with Gasteiger partial charge in [-0.1, -0.05) is 20.8 Å². The number of carbonyl (C=O) groups is 3. The lowest BCUT2D eigenvalue weighted by atomic mass is 9.62. The summed E-state index contributed by atoms with van der Waals surface area (Å²) < 4.78 is 1.79. The van der Waals surface area contributed by atoms with Crippen LogP contribution in [0.4, 0.5) is 0 Å². The summed E-state index contributed by atoms with van der Waals surface area (Å²) in [6, 6.07) is 0. The Labute approximate surface area is 160 Å². The molecule has 1 aliphatic heterocycles. The second kappa shape index (κ2) is 6.17. The largest absolute Gasteiger partial charge is 0.340 e. The Hall–Kier alpha value is -2.18. The van der Waals surface area contributed by atoms with Gasteiger partial charge in [-0.05, 0) is 32.1 Å². The monoisotopic (exact) mass is 374 g/mol. The van der Waals surface area contributed by atoms with E-state index in [0.717, 1.165) is 17.0 Å². The van der Waals surface area contributed by atoms with Gasteiger partial charge in [-0.3, -0.25) is 24.0 Å². The van der Waals surface area contributed by atoms with Gasteiger partial charge in [0, 0.05) is 37.8 Å². The van der Waals surface area contributed by atoms with Crippen LogP contribution in [0.25, 0.3) is 0 Å². The molecule has 0 spiro atoms. The third-order valence-electron chi connectivity index (χ3n) is 7.28. The number of likely N-dealkylation sites (N-methyl/N-ethyl adjacent to an activating group) is 1. The maximum Gasteiger partial charge on any atom is 0.242 e. The van der Waals surface area contributed by atoms with Gasteiger partial charge >= 0.3 is 0 Å². The van der Waals surface area contributed by atoms with Crippen LogP contribution in [0.5, 0.6) is 0 Å². The van der Waals surface area contributed by atoms with Crippen LogP contribution in [0.1, 0.15) is 50.6 Å². The molecule has 3 rings (SSSR count). The Morgan fingerprint density at radius 3 is 2.44 bits per heavy atom. The molecule has 148 valence electrons. The van der Waals surface area contributed by atoms with Crippen LogP contribution < -0.4 is 0 Å². The van der Waals surface area contributed by atoms with Crippen LogP contribution >= 0.6 is 0 Å². The van der Waals surface area contributed by atoms with Gasteiger partial charge in [0.25, 0.3) is 0 Å². The van der Waals surface area contributed by atoms with Crippen LogP contribution in [0.15, 0.2) is 0 Å². The molecule has 1 aromatic heterocycles. The van der Waals surface area contributed by atoms with Crippen molar-refractivity contribution in [1.82, 2.24) is 19.6 Å². The van der Waals surface area contributed by atoms with Crippen molar-refractivity contribution in [2.45, 2.75) is 54.0 Å². The number of nitrogens with zero attached hydrogens (tertiary/aromatic N) is 4. The number of likely N-dealkylation sites (tertiary alicyclic amines) is 1. The predicted molar refractivity (Wildman–Crippen MR) is 100 cm³/mol. The molecular formula is C20H30N4O3. The van der Waals surface area contributed by atoms with Crippen molar-refractivity contribution in [2.24, 2.45) is 23.8 Å². The summed E-state index contributed by atoms with van der Waals surface area (Å²) in [6.07, 6.45) is 1.41. The highest BCUT2D eigenvalue weighted by molar-refractivity contribution is 6.06. The van der Waals surface area contributed by atoms with Crippen molar-refractivity contribution in [3.8, 4) is 0 Å². The second-order valence-electron chi connectivity index (χ2n) is 8.90. The minimum absolute atomic E-state index is 0.186. The average Bonchev–Trinajstić information content (AvgIpc) is 2.94. The Kier molecular flexibility index (Phi) is 4.48. The molecule has 0 radical (unpaired) electrons. The topological polar surface area (TPSA) is 75.5 Å². The molecule has 2 heterocycles. The Balaban J connectivity index is 1.76. The van der Waals surface area contributed by atoms with Gasteiger partial charge in [-0.15, -0.1) is 0 Å². The molecule has 0 unspecified atom stereocenters. The van der Waals surface area contributed by atoms with E-state index in [4.69, 9.17) is 0 Å². The number of hydrogen-bond donors (Lipinski definition) is 0. The third kappa shape index (κ3) is 2.70. The normalized spacial score (nSPS) is 26.6. The van der Waals surface area contributed by atoms with E-state index in [1.807, 2.05) is 41.7 Å². The van der Waals surface area contributed by atoms with Crippen molar-refractivity contribution >= 4 is 17.7 Å². The first-order chi connectivity index (χ1) is 12.4. The van der Waals surface area contributed by atoms with Crippen LogP contribution in [0, 0.1) is 30.6 Å². The van der Waals surface area contributed by atoms with E-state index in [1.165, 1.54) is 4.90 Å². The average molecular weight is 374 g/mol. The number of piperidine rings is 1. The highest BCUT2D eigenvalue weighted by atomic mass is 16.2. The van der Waals surface area contributed by atoms with E-state index in [1.54, 1.807) is 16.6 Å². The molecule has 3 amide bonds. The summed E-state index contributed by atoms with van der Waals surface area (Å²) in [4.78, 5) is 41.5. The second-order valence-corrected chi connectivity index (χ2v) is 8.90. The summed E-state index contributed by atoms with van der Waals surface area (Å²) in [6.45, 7) is 10.0. The molecule has 1 saturated carbocycles. The Morgan fingerprint density at radius 1 is 1.26 bits per heavy atom. The Bertz CT molecular complexity index is 825. The van der Waals surface area contributed by atoms with Gasteiger partial charge in [0.1, 0.15) is 6.54 Å². The van der Waals surface area contributed by atoms with E-state index in [2.05, 4.69) is 5.10 Å². The molecule has 2 atom stereocenters. The van der Waals surface area contributed by atoms with Gasteiger partial charge in [-0.2, -0.15) is 5.10 Å². The van der Waals surface area contributed by atoms with Crippen molar-refractivity contribution in [1.29, 1.82) is 0 Å². The molecule has 27 heavy (non-hydrogen) atoms. The fourth-order valence-corrected chi connectivity index (χ4v) is 4.68. The summed E-state index contributed by atoms with van der Waals surface area (Å²) in [7, 11) is 3.57. The van der Waals surface area contributed by atoms with E-state index in [-0.39, 0.29) is 35.6 Å². The molecule has 2 bridgehead atoms. The zero-order valence-corrected chi connectivity index (χ0v) is 17.4. The number of hydrogen-bond acceptors (Lipinski definition) is 4. The minimum atomic E-state index is -0.582. The van der Waals surface area contributed by atoms with Crippen LogP contribution in [-0.2, 0) is 28.0 Å². The van der Waals surface area contributed by atoms with Crippen molar-refractivity contribution < 1.29 is 14.4 Å². The molecule has 7 heteroatoms. The summed E-state index contributed by atoms with van der Waals surface area (Å²) in [5, 5.41) is 4.38. The highest BCUT2D eigenvalue weighted by Gasteiger charge is 2.64. The van der Waals surface area contributed by atoms with Gasteiger partial charge in [-0.25, -0.2) is 0 Å². The minimum Gasteiger partial charge on any atom is -0.340 e. The smallest absolute Gasteiger partial charge is 0.242 e. The quantitative estimate of drug-likeness (QED) is 0.753. The first kappa shape index (κ1) is 19.6. The lowest BCUT2D eigenvalue weighted by Crippen LogP contribution is -2.60. The predicted octanol–water partition coefficient (Wildman–Crippen LogP) is 1.81. The van der Waals surface area contributed by atoms with E-state index in [0.29, 0.717) is 19.4 Å². The lowest BCUT2D eigenvalue weighted by Gasteiger charge is -2.47. The number of aromatic nitrogens is 2. The third-order valence-corrected chi connectivity index (χ3v) is 7.28. The molecule has 0 N–H and O–H groups in total. The summed E-state index contributed by atoms with van der Waals surface area (Å²) in [5.41, 5.74) is 1.94. The van der Waals surface area contributed by atoms with Crippen LogP contribution in [-0.4, -0.2) is 50.9 Å². The number of rotatable bonds is 4. The lowest BCUT2D eigenvalue weighted by molar-refractivity contribution is -0.170. The van der Waals surface area contributed by atoms with Crippen LogP contribution in [0.2, 0.25) is 0 Å². The molecule has 7 nitrogen and oxygen atoms in total. The fourth-order valence-electron chi connectivity index (χ4n) is 4.68. The molecule has 0 aromatic carbocycles. The van der Waals surface area contributed by atoms with Gasteiger partial charge < -0.3 is 4.90 Å². The van der Waals surface area contributed by atoms with E-state index < -0.39 is 5.41 Å². The van der Waals surface area contributed by atoms with Gasteiger partial charge in [0.05, 0.1) is 11.1 Å². The molecule has 2 aliphatic rings. The molecule has 1 saturated heterocycles. The van der Waals surface area contributed by atoms with Crippen molar-refractivity contribution in [3.05, 3.63) is 17.0 Å². The van der Waals surface area contributed by atoms with Gasteiger partial charge in [0.2, 0.25) is 17.7 Å². The molecule has 1 aromatic rings. The summed E-state index contributed by atoms with van der Waals surface area (Å²) >= 11 is 0. The number of fused-ring (bicyclic) bond motifs is 2. The van der Waals surface area contributed by atoms with E-state index >= 15 is 0 Å². The first-order valence-corrected chi connectivity index (χ1v) is 9.50. The first-order valence-electron chi connectivity index (χ1n) is 9.50. The number of imide groups is 1. The number of aryl methyl sites for hydroxylation is 2. The van der Waals surface area contributed by atoms with Crippen molar-refractivity contribution in [3.63, 3.8) is 0 Å². The SMILES string of the molecule is Cc1nn(C)c(C)c1CN(C)C(=O)CN1C(=O)[C@@H]2CC[C@@](C)(C1=O)C2(C)C. The molecule has 2 fully saturated rings. The van der Waals surface area contributed by atoms with Crippen LogP contribution in [0.3, 0.4) is 0 Å². The maximum absolute atomic E-state index is 13.1. The standard InChI is InChI=1S/C20H30N4O3/c1-12-14(13(2)23(7)21-12)10-22(6)16(25)11-24-17(26)15-8-9-20(5,18(24)27)19(15,3)4/h15H,8-11H2,1-7H3/t15-,20-/m0/s1. The summed E-state index contributed by atoms with van der Waals surface area (Å²) in [5.74, 6) is -0.833. The van der Waals surface area contributed by atoms with Crippen molar-refractivity contribution in [2.75, 3.05) is 13.6 Å². The number of carbonyl (C=O) groups excluding carboxylic acids is 3. The fraction of sp³-hybridized carbons (Fsp3) is 0.700. The van der Waals surface area contributed by atoms with Gasteiger partial charge in [0.15, 0.2) is 0 Å². The number of amides is 3. The Morgan fingerprint density at radius 2 is 1.89 bits per heavy atom. The zero-order valence-electron chi connectivity index (χ0n) is 17.4. The van der Waals surface area contributed by atoms with E-state index in [9.17, 15) is 14.4 Å². The molecular weight excluding hydrogens is 344 g/mol. The molecule has 1 aliphatic carbocycles. The highest BCUT2D eigenvalue weighted by Crippen LogP contribution is 2.59. The zero-order chi connectivity index (χ0) is 20.3.